The summed E-state index contributed by atoms with van der Waals surface area (Å²) >= 11 is 7.01. The Bertz CT molecular complexity index is 713. The number of fused-ring (bicyclic) bond motifs is 1. The minimum absolute atomic E-state index is 0.0259. The van der Waals surface area contributed by atoms with E-state index in [0.29, 0.717) is 17.1 Å². The van der Waals surface area contributed by atoms with Gasteiger partial charge in [-0.05, 0) is 17.7 Å². The molecule has 1 amide bonds. The normalized spacial score (nSPS) is 13.7. The second-order valence-corrected chi connectivity index (χ2v) is 5.67. The summed E-state index contributed by atoms with van der Waals surface area (Å²) in [5, 5.41) is 11.1. The summed E-state index contributed by atoms with van der Waals surface area (Å²) in [6.45, 7) is 0.260. The quantitative estimate of drug-likeness (QED) is 0.946. The summed E-state index contributed by atoms with van der Waals surface area (Å²) in [4.78, 5) is 28.4. The third-order valence-corrected chi connectivity index (χ3v) is 4.15. The van der Waals surface area contributed by atoms with Crippen molar-refractivity contribution in [1.82, 2.24) is 4.98 Å². The molecule has 102 valence electrons. The molecule has 1 aliphatic rings. The number of rotatable bonds is 3. The number of nitrogens with zero attached hydrogens (tertiary/aromatic N) is 2. The van der Waals surface area contributed by atoms with Crippen LogP contribution in [0.4, 0.5) is 5.69 Å². The molecule has 0 bridgehead atoms. The van der Waals surface area contributed by atoms with Gasteiger partial charge < -0.3 is 10.0 Å². The minimum atomic E-state index is -1.06. The average Bonchev–Trinajstić information content (AvgIpc) is 2.97. The van der Waals surface area contributed by atoms with E-state index in [1.54, 1.807) is 22.4 Å². The third-order valence-electron chi connectivity index (χ3n) is 3.04. The molecule has 0 aliphatic carbocycles. The van der Waals surface area contributed by atoms with E-state index in [1.807, 2.05) is 6.07 Å². The van der Waals surface area contributed by atoms with Crippen LogP contribution in [-0.2, 0) is 17.8 Å². The van der Waals surface area contributed by atoms with Crippen LogP contribution in [0, 0.1) is 0 Å². The Labute approximate surface area is 123 Å². The summed E-state index contributed by atoms with van der Waals surface area (Å²) in [5.74, 6) is -1.09. The zero-order chi connectivity index (χ0) is 14.3. The summed E-state index contributed by atoms with van der Waals surface area (Å²) < 4.78 is 0. The van der Waals surface area contributed by atoms with Crippen molar-refractivity contribution in [2.24, 2.45) is 0 Å². The van der Waals surface area contributed by atoms with Crippen LogP contribution in [0.3, 0.4) is 0 Å². The lowest BCUT2D eigenvalue weighted by Gasteiger charge is -2.16. The average molecular weight is 309 g/mol. The molecular weight excluding hydrogens is 300 g/mol. The number of aromatic nitrogens is 1. The number of hydrogen-bond donors (Lipinski definition) is 1. The Hall–Kier alpha value is -1.92. The van der Waals surface area contributed by atoms with Crippen molar-refractivity contribution in [2.75, 3.05) is 4.90 Å². The number of carboxylic acid groups (broad SMARTS) is 1. The molecule has 0 radical (unpaired) electrons. The van der Waals surface area contributed by atoms with Crippen molar-refractivity contribution in [3.63, 3.8) is 0 Å². The Morgan fingerprint density at radius 1 is 1.50 bits per heavy atom. The van der Waals surface area contributed by atoms with Crippen LogP contribution in [0.2, 0.25) is 5.02 Å². The standard InChI is InChI=1S/C13H9ClN2O3S/c14-8-2-1-7-3-11(17)16(10(7)4-8)5-9-6-20-12(15-9)13(18)19/h1-2,4,6H,3,5H2,(H,18,19). The summed E-state index contributed by atoms with van der Waals surface area (Å²) in [6, 6.07) is 5.33. The van der Waals surface area contributed by atoms with Gasteiger partial charge in [0, 0.05) is 16.1 Å². The lowest BCUT2D eigenvalue weighted by Crippen LogP contribution is -2.26. The van der Waals surface area contributed by atoms with Crippen molar-refractivity contribution in [1.29, 1.82) is 0 Å². The molecular formula is C13H9ClN2O3S. The number of thiazole rings is 1. The van der Waals surface area contributed by atoms with Gasteiger partial charge in [-0.1, -0.05) is 17.7 Å². The molecule has 0 unspecified atom stereocenters. The van der Waals surface area contributed by atoms with Gasteiger partial charge in [0.1, 0.15) is 0 Å². The van der Waals surface area contributed by atoms with Gasteiger partial charge >= 0.3 is 5.97 Å². The molecule has 7 heteroatoms. The molecule has 5 nitrogen and oxygen atoms in total. The van der Waals surface area contributed by atoms with Gasteiger partial charge in [-0.25, -0.2) is 9.78 Å². The van der Waals surface area contributed by atoms with E-state index in [0.717, 1.165) is 22.6 Å². The van der Waals surface area contributed by atoms with Crippen LogP contribution in [0.5, 0.6) is 0 Å². The number of halogens is 1. The zero-order valence-electron chi connectivity index (χ0n) is 10.2. The van der Waals surface area contributed by atoms with Gasteiger partial charge in [0.05, 0.1) is 18.7 Å². The number of amides is 1. The molecule has 0 saturated heterocycles. The Kier molecular flexibility index (Phi) is 3.19. The molecule has 20 heavy (non-hydrogen) atoms. The molecule has 0 spiro atoms. The maximum Gasteiger partial charge on any atom is 0.365 e. The molecule has 0 fully saturated rings. The van der Waals surface area contributed by atoms with E-state index in [-0.39, 0.29) is 17.5 Å². The van der Waals surface area contributed by atoms with Crippen LogP contribution in [0.25, 0.3) is 0 Å². The molecule has 1 N–H and O–H groups in total. The first-order chi connectivity index (χ1) is 9.54. The van der Waals surface area contributed by atoms with Gasteiger partial charge in [-0.15, -0.1) is 11.3 Å². The highest BCUT2D eigenvalue weighted by atomic mass is 35.5. The number of carboxylic acids is 1. The lowest BCUT2D eigenvalue weighted by molar-refractivity contribution is -0.117. The highest BCUT2D eigenvalue weighted by molar-refractivity contribution is 7.11. The number of hydrogen-bond acceptors (Lipinski definition) is 4. The minimum Gasteiger partial charge on any atom is -0.476 e. The van der Waals surface area contributed by atoms with E-state index in [2.05, 4.69) is 4.98 Å². The maximum atomic E-state index is 12.0. The van der Waals surface area contributed by atoms with Gasteiger partial charge in [-0.3, -0.25) is 4.79 Å². The van der Waals surface area contributed by atoms with Crippen LogP contribution >= 0.6 is 22.9 Å². The number of anilines is 1. The third kappa shape index (κ3) is 2.28. The number of benzene rings is 1. The van der Waals surface area contributed by atoms with Gasteiger partial charge in [-0.2, -0.15) is 0 Å². The highest BCUT2D eigenvalue weighted by Gasteiger charge is 2.28. The van der Waals surface area contributed by atoms with Crippen molar-refractivity contribution >= 4 is 40.5 Å². The fraction of sp³-hybridized carbons (Fsp3) is 0.154. The van der Waals surface area contributed by atoms with Crippen LogP contribution in [0.15, 0.2) is 23.6 Å². The lowest BCUT2D eigenvalue weighted by atomic mass is 10.2. The Morgan fingerprint density at radius 3 is 3.00 bits per heavy atom. The fourth-order valence-corrected chi connectivity index (χ4v) is 2.96. The molecule has 1 aliphatic heterocycles. The summed E-state index contributed by atoms with van der Waals surface area (Å²) in [5.41, 5.74) is 2.26. The summed E-state index contributed by atoms with van der Waals surface area (Å²) in [7, 11) is 0. The van der Waals surface area contributed by atoms with Crippen molar-refractivity contribution in [3.8, 4) is 0 Å². The number of carbonyl (C=O) groups excluding carboxylic acids is 1. The molecule has 2 heterocycles. The number of aromatic carboxylic acids is 1. The maximum absolute atomic E-state index is 12.0. The van der Waals surface area contributed by atoms with Crippen LogP contribution in [0.1, 0.15) is 21.1 Å². The largest absolute Gasteiger partial charge is 0.476 e. The van der Waals surface area contributed by atoms with Gasteiger partial charge in [0.2, 0.25) is 10.9 Å². The predicted octanol–water partition coefficient (Wildman–Crippen LogP) is 2.58. The van der Waals surface area contributed by atoms with Crippen molar-refractivity contribution in [3.05, 3.63) is 44.9 Å². The van der Waals surface area contributed by atoms with Crippen LogP contribution < -0.4 is 4.90 Å². The number of carbonyl (C=O) groups is 2. The monoisotopic (exact) mass is 308 g/mol. The van der Waals surface area contributed by atoms with Gasteiger partial charge in [0.15, 0.2) is 0 Å². The first-order valence-electron chi connectivity index (χ1n) is 5.81. The second kappa shape index (κ2) is 4.88. The molecule has 1 aromatic heterocycles. The molecule has 2 aromatic rings. The fourth-order valence-electron chi connectivity index (χ4n) is 2.14. The van der Waals surface area contributed by atoms with E-state index >= 15 is 0 Å². The Morgan fingerprint density at radius 2 is 2.30 bits per heavy atom. The zero-order valence-corrected chi connectivity index (χ0v) is 11.7. The Balaban J connectivity index is 1.89. The van der Waals surface area contributed by atoms with Crippen molar-refractivity contribution in [2.45, 2.75) is 13.0 Å². The molecule has 0 saturated carbocycles. The second-order valence-electron chi connectivity index (χ2n) is 4.38. The molecule has 1 aromatic carbocycles. The predicted molar refractivity (Wildman–Crippen MR) is 75.4 cm³/mol. The van der Waals surface area contributed by atoms with E-state index in [4.69, 9.17) is 16.7 Å². The smallest absolute Gasteiger partial charge is 0.365 e. The highest BCUT2D eigenvalue weighted by Crippen LogP contribution is 2.32. The molecule has 0 atom stereocenters. The first-order valence-corrected chi connectivity index (χ1v) is 7.07. The van der Waals surface area contributed by atoms with Crippen molar-refractivity contribution < 1.29 is 14.7 Å². The van der Waals surface area contributed by atoms with E-state index in [9.17, 15) is 9.59 Å². The van der Waals surface area contributed by atoms with E-state index < -0.39 is 5.97 Å². The van der Waals surface area contributed by atoms with E-state index in [1.165, 1.54) is 0 Å². The molecule has 3 rings (SSSR count). The summed E-state index contributed by atoms with van der Waals surface area (Å²) in [6.07, 6.45) is 0.336. The first kappa shape index (κ1) is 13.1. The van der Waals surface area contributed by atoms with Crippen LogP contribution in [-0.4, -0.2) is 22.0 Å². The topological polar surface area (TPSA) is 70.5 Å². The van der Waals surface area contributed by atoms with Gasteiger partial charge in [0.25, 0.3) is 0 Å². The SMILES string of the molecule is O=C(O)c1nc(CN2C(=O)Cc3ccc(Cl)cc32)cs1.